The van der Waals surface area contributed by atoms with Gasteiger partial charge in [0.25, 0.3) is 0 Å². The largest absolute Gasteiger partial charge is 0.344 e. The van der Waals surface area contributed by atoms with Crippen molar-refractivity contribution in [3.8, 4) is 0 Å². The van der Waals surface area contributed by atoms with Crippen molar-refractivity contribution in [3.63, 3.8) is 0 Å². The van der Waals surface area contributed by atoms with E-state index in [1.165, 1.54) is 10.5 Å². The van der Waals surface area contributed by atoms with Gasteiger partial charge >= 0.3 is 0 Å². The third-order valence-electron chi connectivity index (χ3n) is 3.73. The lowest BCUT2D eigenvalue weighted by molar-refractivity contribution is -0.128. The van der Waals surface area contributed by atoms with E-state index >= 15 is 0 Å². The molecule has 1 fully saturated rings. The van der Waals surface area contributed by atoms with Crippen LogP contribution in [0.1, 0.15) is 12.0 Å². The van der Waals surface area contributed by atoms with Crippen LogP contribution in [0.2, 0.25) is 0 Å². The molecule has 2 unspecified atom stereocenters. The average Bonchev–Trinajstić information content (AvgIpc) is 2.92. The number of carbonyl (C=O) groups is 1. The number of nitrogens with one attached hydrogen (secondary N) is 1. The summed E-state index contributed by atoms with van der Waals surface area (Å²) < 4.78 is 0. The van der Waals surface area contributed by atoms with E-state index in [-0.39, 0.29) is 11.9 Å². The first kappa shape index (κ1) is 12.1. The molecule has 0 spiro atoms. The maximum absolute atomic E-state index is 11.8. The normalized spacial score (nSPS) is 26.7. The standard InChI is InChI=1S/C14H18N2OS/c1-16-7-6-12(14(16)17)15-9-11-8-10-4-2-3-5-13(10)18-11/h2-5,11-12,15H,6-9H2,1H3. The van der Waals surface area contributed by atoms with Crippen LogP contribution in [0, 0.1) is 0 Å². The van der Waals surface area contributed by atoms with Crippen molar-refractivity contribution in [3.05, 3.63) is 29.8 Å². The molecule has 96 valence electrons. The van der Waals surface area contributed by atoms with Crippen molar-refractivity contribution in [1.29, 1.82) is 0 Å². The van der Waals surface area contributed by atoms with E-state index in [4.69, 9.17) is 0 Å². The molecule has 0 radical (unpaired) electrons. The predicted octanol–water partition coefficient (Wildman–Crippen LogP) is 1.52. The molecule has 2 aliphatic heterocycles. The minimum absolute atomic E-state index is 0.0410. The Hall–Kier alpha value is -1.00. The number of rotatable bonds is 3. The maximum atomic E-state index is 11.8. The number of amides is 1. The van der Waals surface area contributed by atoms with Crippen LogP contribution in [0.5, 0.6) is 0 Å². The Morgan fingerprint density at radius 3 is 3.00 bits per heavy atom. The Morgan fingerprint density at radius 2 is 2.28 bits per heavy atom. The summed E-state index contributed by atoms with van der Waals surface area (Å²) in [6.07, 6.45) is 2.06. The lowest BCUT2D eigenvalue weighted by atomic mass is 10.1. The van der Waals surface area contributed by atoms with E-state index in [1.807, 2.05) is 23.7 Å². The predicted molar refractivity (Wildman–Crippen MR) is 73.8 cm³/mol. The van der Waals surface area contributed by atoms with Crippen LogP contribution in [-0.2, 0) is 11.2 Å². The van der Waals surface area contributed by atoms with Gasteiger partial charge in [-0.1, -0.05) is 18.2 Å². The van der Waals surface area contributed by atoms with Gasteiger partial charge in [0.1, 0.15) is 0 Å². The maximum Gasteiger partial charge on any atom is 0.239 e. The van der Waals surface area contributed by atoms with Gasteiger partial charge in [0.2, 0.25) is 5.91 Å². The van der Waals surface area contributed by atoms with Gasteiger partial charge in [0, 0.05) is 30.3 Å². The first-order valence-corrected chi connectivity index (χ1v) is 7.35. The molecule has 0 saturated carbocycles. The molecule has 1 amide bonds. The molecule has 4 heteroatoms. The summed E-state index contributed by atoms with van der Waals surface area (Å²) in [6.45, 7) is 1.80. The summed E-state index contributed by atoms with van der Waals surface area (Å²) in [7, 11) is 1.88. The molecule has 2 aliphatic rings. The van der Waals surface area contributed by atoms with Crippen LogP contribution >= 0.6 is 11.8 Å². The number of likely N-dealkylation sites (N-methyl/N-ethyl adjacent to an activating group) is 1. The van der Waals surface area contributed by atoms with Crippen molar-refractivity contribution < 1.29 is 4.79 Å². The third-order valence-corrected chi connectivity index (χ3v) is 5.05. The summed E-state index contributed by atoms with van der Waals surface area (Å²) in [5.41, 5.74) is 1.45. The van der Waals surface area contributed by atoms with Crippen molar-refractivity contribution in [2.24, 2.45) is 0 Å². The first-order valence-electron chi connectivity index (χ1n) is 6.47. The number of likely N-dealkylation sites (tertiary alicyclic amines) is 1. The van der Waals surface area contributed by atoms with E-state index in [0.717, 1.165) is 25.9 Å². The lowest BCUT2D eigenvalue weighted by Gasteiger charge is -2.15. The Balaban J connectivity index is 1.53. The average molecular weight is 262 g/mol. The van der Waals surface area contributed by atoms with Gasteiger partial charge in [-0.05, 0) is 24.5 Å². The molecule has 0 aromatic heterocycles. The van der Waals surface area contributed by atoms with Crippen LogP contribution in [0.4, 0.5) is 0 Å². The molecule has 1 saturated heterocycles. The molecule has 2 atom stereocenters. The molecular weight excluding hydrogens is 244 g/mol. The minimum Gasteiger partial charge on any atom is -0.344 e. The fourth-order valence-corrected chi connectivity index (χ4v) is 3.91. The summed E-state index contributed by atoms with van der Waals surface area (Å²) in [5, 5.41) is 4.00. The van der Waals surface area contributed by atoms with Gasteiger partial charge in [0.05, 0.1) is 6.04 Å². The minimum atomic E-state index is 0.0410. The molecule has 1 aromatic carbocycles. The van der Waals surface area contributed by atoms with Crippen LogP contribution in [0.3, 0.4) is 0 Å². The number of thioether (sulfide) groups is 1. The van der Waals surface area contributed by atoms with Crippen LogP contribution in [0.25, 0.3) is 0 Å². The van der Waals surface area contributed by atoms with Crippen LogP contribution in [-0.4, -0.2) is 42.2 Å². The molecule has 1 aromatic rings. The molecule has 3 rings (SSSR count). The van der Waals surface area contributed by atoms with E-state index < -0.39 is 0 Å². The Labute approximate surface area is 112 Å². The quantitative estimate of drug-likeness (QED) is 0.896. The zero-order chi connectivity index (χ0) is 12.5. The second-order valence-electron chi connectivity index (χ2n) is 5.06. The van der Waals surface area contributed by atoms with Crippen molar-refractivity contribution in [1.82, 2.24) is 10.2 Å². The van der Waals surface area contributed by atoms with Gasteiger partial charge in [-0.15, -0.1) is 11.8 Å². The fourth-order valence-electron chi connectivity index (χ4n) is 2.65. The van der Waals surface area contributed by atoms with Gasteiger partial charge in [-0.3, -0.25) is 4.79 Å². The SMILES string of the molecule is CN1CCC(NCC2Cc3ccccc3S2)C1=O. The first-order chi connectivity index (χ1) is 8.74. The van der Waals surface area contributed by atoms with Gasteiger partial charge < -0.3 is 10.2 Å². The van der Waals surface area contributed by atoms with Gasteiger partial charge in [-0.25, -0.2) is 0 Å². The van der Waals surface area contributed by atoms with E-state index in [0.29, 0.717) is 5.25 Å². The number of carbonyl (C=O) groups excluding carboxylic acids is 1. The Bertz CT molecular complexity index is 438. The van der Waals surface area contributed by atoms with Gasteiger partial charge in [0.15, 0.2) is 0 Å². The summed E-state index contributed by atoms with van der Waals surface area (Å²) >= 11 is 1.93. The highest BCUT2D eigenvalue weighted by molar-refractivity contribution is 8.00. The van der Waals surface area contributed by atoms with Crippen molar-refractivity contribution >= 4 is 17.7 Å². The highest BCUT2D eigenvalue weighted by Gasteiger charge is 2.30. The van der Waals surface area contributed by atoms with Gasteiger partial charge in [-0.2, -0.15) is 0 Å². The van der Waals surface area contributed by atoms with E-state index in [9.17, 15) is 4.79 Å². The molecule has 3 nitrogen and oxygen atoms in total. The van der Waals surface area contributed by atoms with Crippen LogP contribution in [0.15, 0.2) is 29.2 Å². The molecule has 1 N–H and O–H groups in total. The third kappa shape index (κ3) is 2.27. The Morgan fingerprint density at radius 1 is 1.44 bits per heavy atom. The number of fused-ring (bicyclic) bond motifs is 1. The van der Waals surface area contributed by atoms with E-state index in [1.54, 1.807) is 0 Å². The number of hydrogen-bond donors (Lipinski definition) is 1. The number of hydrogen-bond acceptors (Lipinski definition) is 3. The second kappa shape index (κ2) is 4.94. The van der Waals surface area contributed by atoms with E-state index in [2.05, 4.69) is 29.6 Å². The summed E-state index contributed by atoms with van der Waals surface area (Å²) in [4.78, 5) is 15.0. The molecular formula is C14H18N2OS. The van der Waals surface area contributed by atoms with Crippen LogP contribution < -0.4 is 5.32 Å². The number of benzene rings is 1. The highest BCUT2D eigenvalue weighted by Crippen LogP contribution is 2.36. The summed E-state index contributed by atoms with van der Waals surface area (Å²) in [6, 6.07) is 8.63. The van der Waals surface area contributed by atoms with Crippen molar-refractivity contribution in [2.45, 2.75) is 29.0 Å². The summed E-state index contributed by atoms with van der Waals surface area (Å²) in [5.74, 6) is 0.246. The zero-order valence-electron chi connectivity index (χ0n) is 10.6. The molecule has 0 aliphatic carbocycles. The smallest absolute Gasteiger partial charge is 0.239 e. The highest BCUT2D eigenvalue weighted by atomic mass is 32.2. The fraction of sp³-hybridized carbons (Fsp3) is 0.500. The lowest BCUT2D eigenvalue weighted by Crippen LogP contribution is -2.40. The topological polar surface area (TPSA) is 32.3 Å². The van der Waals surface area contributed by atoms with Crippen molar-refractivity contribution in [2.75, 3.05) is 20.1 Å². The number of nitrogens with zero attached hydrogens (tertiary/aromatic N) is 1. The monoisotopic (exact) mass is 262 g/mol. The molecule has 0 bridgehead atoms. The molecule has 2 heterocycles. The Kier molecular flexibility index (Phi) is 3.31. The second-order valence-corrected chi connectivity index (χ2v) is 6.40. The zero-order valence-corrected chi connectivity index (χ0v) is 11.4. The molecule has 18 heavy (non-hydrogen) atoms.